The van der Waals surface area contributed by atoms with E-state index in [1.54, 1.807) is 0 Å². The Labute approximate surface area is 109 Å². The Morgan fingerprint density at radius 3 is 2.47 bits per heavy atom. The number of carbonyl (C=O) groups excluding carboxylic acids is 1. The minimum absolute atomic E-state index is 0.203. The van der Waals surface area contributed by atoms with Crippen LogP contribution in [0.5, 0.6) is 0 Å². The van der Waals surface area contributed by atoms with E-state index in [-0.39, 0.29) is 5.91 Å². The highest BCUT2D eigenvalue weighted by Gasteiger charge is 2.13. The summed E-state index contributed by atoms with van der Waals surface area (Å²) in [4.78, 5) is 13.7. The van der Waals surface area contributed by atoms with Crippen molar-refractivity contribution in [3.8, 4) is 0 Å². The topological polar surface area (TPSA) is 20.3 Å². The van der Waals surface area contributed by atoms with E-state index in [2.05, 4.69) is 13.8 Å². The van der Waals surface area contributed by atoms with Crippen LogP contribution in [0.15, 0.2) is 24.3 Å². The van der Waals surface area contributed by atoms with Crippen molar-refractivity contribution in [1.29, 1.82) is 0 Å². The number of benzene rings is 1. The summed E-state index contributed by atoms with van der Waals surface area (Å²) in [5.74, 6) is 0.203. The highest BCUT2D eigenvalue weighted by molar-refractivity contribution is 6.30. The first-order valence-corrected chi connectivity index (χ1v) is 6.42. The molecule has 1 unspecified atom stereocenters. The molecular formula is C14H20ClNO. The molecule has 3 heteroatoms. The third-order valence-electron chi connectivity index (χ3n) is 3.19. The lowest BCUT2D eigenvalue weighted by molar-refractivity contribution is -0.131. The lowest BCUT2D eigenvalue weighted by atomic mass is 10.1. The molecule has 0 aliphatic heterocycles. The fraction of sp³-hybridized carbons (Fsp3) is 0.500. The van der Waals surface area contributed by atoms with E-state index >= 15 is 0 Å². The number of aryl methyl sites for hydroxylation is 1. The molecule has 17 heavy (non-hydrogen) atoms. The molecule has 0 saturated carbocycles. The number of hydrogen-bond acceptors (Lipinski definition) is 1. The highest BCUT2D eigenvalue weighted by Crippen LogP contribution is 2.12. The van der Waals surface area contributed by atoms with Crippen LogP contribution in [0.4, 0.5) is 0 Å². The first-order valence-electron chi connectivity index (χ1n) is 6.04. The molecule has 0 N–H and O–H groups in total. The Morgan fingerprint density at radius 1 is 1.35 bits per heavy atom. The Kier molecular flexibility index (Phi) is 5.49. The number of carbonyl (C=O) groups is 1. The maximum atomic E-state index is 11.9. The Balaban J connectivity index is 2.45. The summed E-state index contributed by atoms with van der Waals surface area (Å²) in [6, 6.07) is 7.98. The monoisotopic (exact) mass is 253 g/mol. The van der Waals surface area contributed by atoms with Gasteiger partial charge in [-0.3, -0.25) is 4.79 Å². The summed E-state index contributed by atoms with van der Waals surface area (Å²) < 4.78 is 0. The predicted octanol–water partition coefficient (Wildman–Crippen LogP) is 3.53. The van der Waals surface area contributed by atoms with Gasteiger partial charge in [0.05, 0.1) is 0 Å². The van der Waals surface area contributed by atoms with Crippen molar-refractivity contribution in [1.82, 2.24) is 4.90 Å². The second kappa shape index (κ2) is 6.65. The molecule has 1 rings (SSSR count). The minimum atomic E-state index is 0.203. The average Bonchev–Trinajstić information content (AvgIpc) is 2.35. The van der Waals surface area contributed by atoms with Gasteiger partial charge in [0.15, 0.2) is 0 Å². The van der Waals surface area contributed by atoms with Crippen LogP contribution in [-0.2, 0) is 11.2 Å². The number of rotatable bonds is 5. The summed E-state index contributed by atoms with van der Waals surface area (Å²) in [6.45, 7) is 4.16. The van der Waals surface area contributed by atoms with Gasteiger partial charge in [0.25, 0.3) is 0 Å². The largest absolute Gasteiger partial charge is 0.343 e. The van der Waals surface area contributed by atoms with Gasteiger partial charge in [-0.05, 0) is 37.5 Å². The van der Waals surface area contributed by atoms with Gasteiger partial charge in [0, 0.05) is 24.5 Å². The number of halogens is 1. The Bertz CT molecular complexity index is 361. The fourth-order valence-corrected chi connectivity index (χ4v) is 1.72. The van der Waals surface area contributed by atoms with Gasteiger partial charge >= 0.3 is 0 Å². The molecule has 94 valence electrons. The zero-order chi connectivity index (χ0) is 12.8. The summed E-state index contributed by atoms with van der Waals surface area (Å²) in [7, 11) is 1.87. The molecule has 0 aromatic heterocycles. The quantitative estimate of drug-likeness (QED) is 0.786. The second-order valence-corrected chi connectivity index (χ2v) is 4.82. The van der Waals surface area contributed by atoms with Gasteiger partial charge in [-0.1, -0.05) is 30.7 Å². The maximum absolute atomic E-state index is 11.9. The number of hydrogen-bond donors (Lipinski definition) is 0. The third-order valence-corrected chi connectivity index (χ3v) is 3.44. The van der Waals surface area contributed by atoms with Gasteiger partial charge < -0.3 is 4.90 Å². The molecule has 0 spiro atoms. The lowest BCUT2D eigenvalue weighted by Gasteiger charge is -2.23. The molecule has 0 aliphatic carbocycles. The standard InChI is InChI=1S/C14H20ClNO/c1-4-11(2)16(3)14(17)10-7-12-5-8-13(15)9-6-12/h5-6,8-9,11H,4,7,10H2,1-3H3. The van der Waals surface area contributed by atoms with Crippen LogP contribution in [0.25, 0.3) is 0 Å². The van der Waals surface area contributed by atoms with Crippen LogP contribution in [0.3, 0.4) is 0 Å². The van der Waals surface area contributed by atoms with Gasteiger partial charge in [-0.15, -0.1) is 0 Å². The van der Waals surface area contributed by atoms with E-state index in [4.69, 9.17) is 11.6 Å². The van der Waals surface area contributed by atoms with Gasteiger partial charge in [-0.2, -0.15) is 0 Å². The van der Waals surface area contributed by atoms with Crippen molar-refractivity contribution in [3.05, 3.63) is 34.9 Å². The summed E-state index contributed by atoms with van der Waals surface area (Å²) >= 11 is 5.81. The van der Waals surface area contributed by atoms with Crippen LogP contribution < -0.4 is 0 Å². The van der Waals surface area contributed by atoms with Crippen molar-refractivity contribution >= 4 is 17.5 Å². The van der Waals surface area contributed by atoms with Crippen LogP contribution in [0.2, 0.25) is 5.02 Å². The maximum Gasteiger partial charge on any atom is 0.222 e. The molecule has 1 amide bonds. The Hall–Kier alpha value is -1.02. The van der Waals surface area contributed by atoms with Gasteiger partial charge in [0.1, 0.15) is 0 Å². The van der Waals surface area contributed by atoms with Crippen molar-refractivity contribution in [2.45, 2.75) is 39.2 Å². The molecule has 0 radical (unpaired) electrons. The van der Waals surface area contributed by atoms with E-state index in [1.165, 1.54) is 0 Å². The molecule has 1 aromatic carbocycles. The molecule has 0 aliphatic rings. The SMILES string of the molecule is CCC(C)N(C)C(=O)CCc1ccc(Cl)cc1. The predicted molar refractivity (Wildman–Crippen MR) is 72.3 cm³/mol. The molecular weight excluding hydrogens is 234 g/mol. The summed E-state index contributed by atoms with van der Waals surface area (Å²) in [5.41, 5.74) is 1.15. The fourth-order valence-electron chi connectivity index (χ4n) is 1.60. The first kappa shape index (κ1) is 14.0. The smallest absolute Gasteiger partial charge is 0.222 e. The highest BCUT2D eigenvalue weighted by atomic mass is 35.5. The van der Waals surface area contributed by atoms with E-state index in [9.17, 15) is 4.79 Å². The van der Waals surface area contributed by atoms with Crippen LogP contribution in [0, 0.1) is 0 Å². The summed E-state index contributed by atoms with van der Waals surface area (Å²) in [6.07, 6.45) is 2.32. The molecule has 0 saturated heterocycles. The zero-order valence-electron chi connectivity index (χ0n) is 10.7. The second-order valence-electron chi connectivity index (χ2n) is 4.39. The van der Waals surface area contributed by atoms with Crippen molar-refractivity contribution < 1.29 is 4.79 Å². The minimum Gasteiger partial charge on any atom is -0.343 e. The van der Waals surface area contributed by atoms with Crippen LogP contribution in [0.1, 0.15) is 32.3 Å². The van der Waals surface area contributed by atoms with Crippen LogP contribution >= 0.6 is 11.6 Å². The van der Waals surface area contributed by atoms with E-state index in [1.807, 2.05) is 36.2 Å². The van der Waals surface area contributed by atoms with Crippen molar-refractivity contribution in [2.24, 2.45) is 0 Å². The van der Waals surface area contributed by atoms with E-state index in [0.29, 0.717) is 12.5 Å². The first-order chi connectivity index (χ1) is 8.04. The number of amides is 1. The third kappa shape index (κ3) is 4.39. The molecule has 0 heterocycles. The molecule has 1 atom stereocenters. The van der Waals surface area contributed by atoms with Crippen molar-refractivity contribution in [2.75, 3.05) is 7.05 Å². The Morgan fingerprint density at radius 2 is 1.94 bits per heavy atom. The van der Waals surface area contributed by atoms with Crippen LogP contribution in [-0.4, -0.2) is 23.9 Å². The zero-order valence-corrected chi connectivity index (χ0v) is 11.5. The summed E-state index contributed by atoms with van der Waals surface area (Å²) in [5, 5.41) is 0.733. The molecule has 2 nitrogen and oxygen atoms in total. The average molecular weight is 254 g/mol. The van der Waals surface area contributed by atoms with Gasteiger partial charge in [-0.25, -0.2) is 0 Å². The molecule has 0 fully saturated rings. The molecule has 0 bridgehead atoms. The van der Waals surface area contributed by atoms with Crippen molar-refractivity contribution in [3.63, 3.8) is 0 Å². The van der Waals surface area contributed by atoms with E-state index in [0.717, 1.165) is 23.4 Å². The number of nitrogens with zero attached hydrogens (tertiary/aromatic N) is 1. The molecule has 1 aromatic rings. The normalized spacial score (nSPS) is 12.2. The van der Waals surface area contributed by atoms with E-state index < -0.39 is 0 Å². The lowest BCUT2D eigenvalue weighted by Crippen LogP contribution is -2.34. The van der Waals surface area contributed by atoms with Gasteiger partial charge in [0.2, 0.25) is 5.91 Å².